The largest absolute Gasteiger partial charge is 0.480 e. The molecule has 8 atom stereocenters. The van der Waals surface area contributed by atoms with Gasteiger partial charge in [0.15, 0.2) is 0 Å². The van der Waals surface area contributed by atoms with Crippen LogP contribution in [0.3, 0.4) is 0 Å². The minimum Gasteiger partial charge on any atom is -0.480 e. The van der Waals surface area contributed by atoms with Gasteiger partial charge in [0.05, 0.1) is 18.7 Å². The minimum atomic E-state index is -1.55. The van der Waals surface area contributed by atoms with Crippen LogP contribution >= 0.6 is 0 Å². The SMILES string of the molecule is CC(C)C[C@H](NC(=O)[C@@H](NC(=O)[C@H](C)NC(=O)[C@H](CC(C)C)NC(=O)[C@@H](NC(=O)[C@H](C)NC(=O)CNC(=O)[C@@H](N)C(C)C)[C@@H](C)O)C(C)C)C(=O)O. The van der Waals surface area contributed by atoms with E-state index in [4.69, 9.17) is 5.73 Å². The molecule has 0 aromatic carbocycles. The fraction of sp³-hybridized carbons (Fsp3) is 0.765. The standard InChI is InChI=1S/C34H62N8O10/c1-15(2)12-22(30(47)38-20(10)29(46)41-26(18(7)8)32(49)40-23(34(51)52)13-16(3)4)39-33(50)27(21(11)43)42-28(45)19(9)37-24(44)14-36-31(48)25(35)17(5)6/h15-23,25-27,43H,12-14,35H2,1-11H3,(H,36,48)(H,37,44)(H,38,47)(H,39,50)(H,40,49)(H,41,46)(H,42,45)(H,51,52)/t19-,20-,21+,22-,23-,25-,26-,27-/m0/s1. The number of nitrogens with one attached hydrogen (secondary N) is 7. The average Bonchev–Trinajstić information content (AvgIpc) is 3.02. The summed E-state index contributed by atoms with van der Waals surface area (Å²) in [6.45, 7) is 17.5. The van der Waals surface area contributed by atoms with Crippen molar-refractivity contribution in [2.75, 3.05) is 6.54 Å². The van der Waals surface area contributed by atoms with Gasteiger partial charge in [-0.15, -0.1) is 0 Å². The molecule has 0 aromatic heterocycles. The monoisotopic (exact) mass is 742 g/mol. The summed E-state index contributed by atoms with van der Waals surface area (Å²) in [5.74, 6) is -7.15. The summed E-state index contributed by atoms with van der Waals surface area (Å²) >= 11 is 0. The Morgan fingerprint density at radius 2 is 0.962 bits per heavy atom. The summed E-state index contributed by atoms with van der Waals surface area (Å²) in [5.41, 5.74) is 5.75. The average molecular weight is 743 g/mol. The van der Waals surface area contributed by atoms with Crippen LogP contribution in [0.25, 0.3) is 0 Å². The van der Waals surface area contributed by atoms with E-state index in [1.165, 1.54) is 20.8 Å². The molecule has 52 heavy (non-hydrogen) atoms. The minimum absolute atomic E-state index is 0.0204. The van der Waals surface area contributed by atoms with Gasteiger partial charge in [-0.25, -0.2) is 4.79 Å². The second kappa shape index (κ2) is 22.6. The van der Waals surface area contributed by atoms with E-state index in [-0.39, 0.29) is 30.6 Å². The molecule has 0 rings (SSSR count). The number of nitrogens with two attached hydrogens (primary N) is 1. The molecule has 0 saturated carbocycles. The zero-order valence-corrected chi connectivity index (χ0v) is 32.3. The first-order valence-electron chi connectivity index (χ1n) is 17.6. The third-order valence-electron chi connectivity index (χ3n) is 7.94. The van der Waals surface area contributed by atoms with Gasteiger partial charge in [-0.1, -0.05) is 55.4 Å². The van der Waals surface area contributed by atoms with E-state index >= 15 is 0 Å². The highest BCUT2D eigenvalue weighted by Crippen LogP contribution is 2.10. The van der Waals surface area contributed by atoms with E-state index in [1.807, 2.05) is 13.8 Å². The maximum atomic E-state index is 13.4. The van der Waals surface area contributed by atoms with Crippen LogP contribution in [0.2, 0.25) is 0 Å². The van der Waals surface area contributed by atoms with Crippen molar-refractivity contribution in [2.45, 2.75) is 137 Å². The molecule has 18 nitrogen and oxygen atoms in total. The maximum absolute atomic E-state index is 13.4. The van der Waals surface area contributed by atoms with Gasteiger partial charge in [-0.3, -0.25) is 33.6 Å². The fourth-order valence-corrected chi connectivity index (χ4v) is 4.74. The topological polar surface area (TPSA) is 287 Å². The molecule has 0 radical (unpaired) electrons. The highest BCUT2D eigenvalue weighted by molar-refractivity contribution is 5.97. The molecule has 11 N–H and O–H groups in total. The molecule has 0 heterocycles. The summed E-state index contributed by atoms with van der Waals surface area (Å²) in [7, 11) is 0. The Bertz CT molecular complexity index is 1260. The van der Waals surface area contributed by atoms with E-state index in [9.17, 15) is 48.6 Å². The molecule has 0 saturated heterocycles. The second-order valence-electron chi connectivity index (χ2n) is 14.7. The number of hydrogen-bond acceptors (Lipinski definition) is 10. The van der Waals surface area contributed by atoms with Crippen molar-refractivity contribution >= 4 is 47.3 Å². The third-order valence-corrected chi connectivity index (χ3v) is 7.94. The molecule has 0 spiro atoms. The summed E-state index contributed by atoms with van der Waals surface area (Å²) in [6, 6.07) is -8.24. The van der Waals surface area contributed by atoms with Crippen molar-refractivity contribution in [2.24, 2.45) is 29.4 Å². The smallest absolute Gasteiger partial charge is 0.326 e. The molecule has 0 unspecified atom stereocenters. The van der Waals surface area contributed by atoms with Crippen LogP contribution in [0.1, 0.15) is 89.0 Å². The van der Waals surface area contributed by atoms with E-state index in [0.29, 0.717) is 0 Å². The number of aliphatic hydroxyl groups is 1. The summed E-state index contributed by atoms with van der Waals surface area (Å²) in [5, 5.41) is 37.0. The lowest BCUT2D eigenvalue weighted by atomic mass is 10.00. The van der Waals surface area contributed by atoms with Crippen molar-refractivity contribution in [1.29, 1.82) is 0 Å². The number of amides is 7. The number of rotatable bonds is 22. The molecule has 0 aromatic rings. The predicted octanol–water partition coefficient (Wildman–Crippen LogP) is -1.75. The van der Waals surface area contributed by atoms with Crippen LogP contribution in [-0.4, -0.2) is 112 Å². The van der Waals surface area contributed by atoms with E-state index < -0.39 is 108 Å². The molecule has 0 aliphatic heterocycles. The highest BCUT2D eigenvalue weighted by Gasteiger charge is 2.34. The zero-order valence-electron chi connectivity index (χ0n) is 32.3. The van der Waals surface area contributed by atoms with Crippen LogP contribution in [0.15, 0.2) is 0 Å². The number of aliphatic carboxylic acids is 1. The van der Waals surface area contributed by atoms with Gasteiger partial charge in [0.25, 0.3) is 0 Å². The molecule has 7 amide bonds. The number of hydrogen-bond donors (Lipinski definition) is 10. The molecule has 0 bridgehead atoms. The first kappa shape index (κ1) is 47.7. The number of carbonyl (C=O) groups is 8. The summed E-state index contributed by atoms with van der Waals surface area (Å²) in [6.07, 6.45) is -1.15. The quantitative estimate of drug-likeness (QED) is 0.0594. The van der Waals surface area contributed by atoms with Crippen LogP contribution in [0.4, 0.5) is 0 Å². The molecule has 0 aliphatic rings. The van der Waals surface area contributed by atoms with Gasteiger partial charge in [-0.05, 0) is 57.3 Å². The van der Waals surface area contributed by atoms with Gasteiger partial charge in [0.1, 0.15) is 36.3 Å². The van der Waals surface area contributed by atoms with Crippen LogP contribution in [0.5, 0.6) is 0 Å². The van der Waals surface area contributed by atoms with Crippen molar-refractivity contribution in [1.82, 2.24) is 37.2 Å². The number of carboxylic acid groups (broad SMARTS) is 1. The molecule has 0 fully saturated rings. The molecule has 0 aliphatic carbocycles. The normalized spacial score (nSPS) is 16.0. The molecule has 18 heteroatoms. The van der Waals surface area contributed by atoms with E-state index in [0.717, 1.165) is 0 Å². The molecule has 298 valence electrons. The third kappa shape index (κ3) is 17.3. The number of carboxylic acids is 1. The van der Waals surface area contributed by atoms with Crippen LogP contribution < -0.4 is 43.0 Å². The Morgan fingerprint density at radius 3 is 1.40 bits per heavy atom. The Kier molecular flexibility index (Phi) is 20.7. The zero-order chi connectivity index (χ0) is 40.6. The Morgan fingerprint density at radius 1 is 0.519 bits per heavy atom. The second-order valence-corrected chi connectivity index (χ2v) is 14.7. The predicted molar refractivity (Wildman–Crippen MR) is 192 cm³/mol. The maximum Gasteiger partial charge on any atom is 0.326 e. The summed E-state index contributed by atoms with van der Waals surface area (Å²) in [4.78, 5) is 102. The van der Waals surface area contributed by atoms with Crippen molar-refractivity contribution < 1.29 is 48.6 Å². The van der Waals surface area contributed by atoms with Gasteiger partial charge in [0, 0.05) is 0 Å². The summed E-state index contributed by atoms with van der Waals surface area (Å²) < 4.78 is 0. The van der Waals surface area contributed by atoms with E-state index in [1.54, 1.807) is 41.5 Å². The lowest BCUT2D eigenvalue weighted by molar-refractivity contribution is -0.143. The van der Waals surface area contributed by atoms with Gasteiger partial charge in [0.2, 0.25) is 41.4 Å². The van der Waals surface area contributed by atoms with Crippen molar-refractivity contribution in [3.63, 3.8) is 0 Å². The van der Waals surface area contributed by atoms with Gasteiger partial charge >= 0.3 is 5.97 Å². The van der Waals surface area contributed by atoms with Crippen molar-refractivity contribution in [3.05, 3.63) is 0 Å². The number of aliphatic hydroxyl groups excluding tert-OH is 1. The first-order chi connectivity index (χ1) is 23.9. The van der Waals surface area contributed by atoms with Crippen LogP contribution in [0, 0.1) is 23.7 Å². The van der Waals surface area contributed by atoms with Crippen LogP contribution in [-0.2, 0) is 38.4 Å². The van der Waals surface area contributed by atoms with Gasteiger partial charge in [-0.2, -0.15) is 0 Å². The van der Waals surface area contributed by atoms with Gasteiger partial charge < -0.3 is 53.2 Å². The Balaban J connectivity index is 5.59. The fourth-order valence-electron chi connectivity index (χ4n) is 4.74. The highest BCUT2D eigenvalue weighted by atomic mass is 16.4. The lowest BCUT2D eigenvalue weighted by Gasteiger charge is -2.28. The first-order valence-corrected chi connectivity index (χ1v) is 17.6. The lowest BCUT2D eigenvalue weighted by Crippen LogP contribution is -2.61. The number of carbonyl (C=O) groups excluding carboxylic acids is 7. The van der Waals surface area contributed by atoms with Crippen molar-refractivity contribution in [3.8, 4) is 0 Å². The Labute approximate surface area is 306 Å². The molecular weight excluding hydrogens is 680 g/mol. The Hall–Kier alpha value is -4.32. The molecular formula is C34H62N8O10. The van der Waals surface area contributed by atoms with E-state index in [2.05, 4.69) is 37.2 Å².